The van der Waals surface area contributed by atoms with E-state index in [0.29, 0.717) is 23.1 Å². The molecule has 0 unspecified atom stereocenters. The lowest BCUT2D eigenvalue weighted by Gasteiger charge is -2.13. The molecule has 1 aromatic heterocycles. The first-order valence-corrected chi connectivity index (χ1v) is 11.7. The molecular formula is C24H28N2O4S. The number of oxazole rings is 1. The lowest BCUT2D eigenvalue weighted by molar-refractivity contribution is -0.119. The lowest BCUT2D eigenvalue weighted by atomic mass is 10.1. The topological polar surface area (TPSA) is 81.4 Å². The van der Waals surface area contributed by atoms with E-state index in [2.05, 4.69) is 22.4 Å². The van der Waals surface area contributed by atoms with Crippen molar-refractivity contribution in [2.75, 3.05) is 12.9 Å². The molecule has 0 radical (unpaired) electrons. The minimum Gasteiger partial charge on any atom is -0.497 e. The second-order valence-corrected chi connectivity index (χ2v) is 8.93. The van der Waals surface area contributed by atoms with Crippen molar-refractivity contribution in [1.82, 2.24) is 10.3 Å². The van der Waals surface area contributed by atoms with Crippen LogP contribution in [-0.4, -0.2) is 34.0 Å². The zero-order chi connectivity index (χ0) is 22.2. The fraction of sp³-hybridized carbons (Fsp3) is 0.333. The first-order valence-electron chi connectivity index (χ1n) is 10.2. The molecule has 31 heavy (non-hydrogen) atoms. The number of nitrogens with one attached hydrogen (secondary N) is 1. The summed E-state index contributed by atoms with van der Waals surface area (Å²) in [5.74, 6) is 1.65. The van der Waals surface area contributed by atoms with Crippen molar-refractivity contribution in [3.8, 4) is 17.2 Å². The third-order valence-electron chi connectivity index (χ3n) is 4.92. The van der Waals surface area contributed by atoms with Gasteiger partial charge >= 0.3 is 0 Å². The maximum absolute atomic E-state index is 12.5. The van der Waals surface area contributed by atoms with Crippen LogP contribution in [0.25, 0.3) is 11.5 Å². The van der Waals surface area contributed by atoms with Crippen molar-refractivity contribution in [1.29, 1.82) is 0 Å². The largest absolute Gasteiger partial charge is 0.497 e. The van der Waals surface area contributed by atoms with Crippen molar-refractivity contribution in [2.45, 2.75) is 38.5 Å². The van der Waals surface area contributed by atoms with Crippen LogP contribution in [0.4, 0.5) is 0 Å². The van der Waals surface area contributed by atoms with Crippen LogP contribution in [0, 0.1) is 6.92 Å². The molecule has 0 aliphatic carbocycles. The molecule has 1 heterocycles. The maximum atomic E-state index is 12.5. The Morgan fingerprint density at radius 2 is 1.97 bits per heavy atom. The number of hydrogen-bond donors (Lipinski definition) is 1. The molecule has 0 saturated carbocycles. The van der Waals surface area contributed by atoms with Gasteiger partial charge in [-0.1, -0.05) is 36.4 Å². The van der Waals surface area contributed by atoms with Crippen LogP contribution in [0.15, 0.2) is 59.0 Å². The summed E-state index contributed by atoms with van der Waals surface area (Å²) in [6, 6.07) is 17.6. The number of rotatable bonds is 10. The Labute approximate surface area is 185 Å². The van der Waals surface area contributed by atoms with Gasteiger partial charge in [0, 0.05) is 22.4 Å². The van der Waals surface area contributed by atoms with Gasteiger partial charge in [0.15, 0.2) is 0 Å². The Bertz CT molecular complexity index is 1030. The van der Waals surface area contributed by atoms with E-state index in [1.54, 1.807) is 14.0 Å². The number of aromatic nitrogens is 1. The zero-order valence-electron chi connectivity index (χ0n) is 18.1. The lowest BCUT2D eigenvalue weighted by Crippen LogP contribution is -2.36. The molecule has 0 bridgehead atoms. The van der Waals surface area contributed by atoms with Gasteiger partial charge in [0.05, 0.1) is 18.6 Å². The minimum atomic E-state index is -1.38. The van der Waals surface area contributed by atoms with E-state index in [4.69, 9.17) is 9.15 Å². The van der Waals surface area contributed by atoms with Crippen LogP contribution in [0.2, 0.25) is 0 Å². The minimum absolute atomic E-state index is 0.0122. The first kappa shape index (κ1) is 22.7. The van der Waals surface area contributed by atoms with E-state index >= 15 is 0 Å². The molecule has 0 aliphatic heterocycles. The fourth-order valence-corrected chi connectivity index (χ4v) is 4.26. The highest BCUT2D eigenvalue weighted by Crippen LogP contribution is 2.25. The Morgan fingerprint density at radius 1 is 1.19 bits per heavy atom. The molecule has 164 valence electrons. The standard InChI is InChI=1S/C24H28N2O4S/c1-17(12-13-19-8-5-4-6-9-19)25-23(27)16-31(28)15-22-18(2)30-24(26-22)20-10-7-11-21(14-20)29-3/h4-11,14,17H,12-13,15-16H2,1-3H3,(H,25,27)/t17-,31-/m0/s1. The van der Waals surface area contributed by atoms with Gasteiger partial charge in [-0.3, -0.25) is 9.00 Å². The molecule has 6 nitrogen and oxygen atoms in total. The van der Waals surface area contributed by atoms with E-state index in [1.807, 2.05) is 49.4 Å². The molecule has 2 atom stereocenters. The second kappa shape index (κ2) is 10.9. The van der Waals surface area contributed by atoms with Gasteiger partial charge in [-0.2, -0.15) is 0 Å². The molecule has 0 spiro atoms. The van der Waals surface area contributed by atoms with Crippen molar-refractivity contribution < 1.29 is 18.2 Å². The number of benzene rings is 2. The number of methoxy groups -OCH3 is 1. The zero-order valence-corrected chi connectivity index (χ0v) is 18.9. The van der Waals surface area contributed by atoms with E-state index in [1.165, 1.54) is 5.56 Å². The molecular weight excluding hydrogens is 412 g/mol. The third kappa shape index (κ3) is 6.79. The average molecular weight is 441 g/mol. The van der Waals surface area contributed by atoms with E-state index in [-0.39, 0.29) is 23.5 Å². The fourth-order valence-electron chi connectivity index (χ4n) is 3.21. The molecule has 7 heteroatoms. The molecule has 3 rings (SSSR count). The van der Waals surface area contributed by atoms with Crippen molar-refractivity contribution in [3.63, 3.8) is 0 Å². The number of nitrogens with zero attached hydrogens (tertiary/aromatic N) is 1. The summed E-state index contributed by atoms with van der Waals surface area (Å²) in [5, 5.41) is 2.94. The number of carbonyl (C=O) groups is 1. The third-order valence-corrected chi connectivity index (χ3v) is 6.09. The normalized spacial score (nSPS) is 12.9. The Kier molecular flexibility index (Phi) is 8.00. The predicted molar refractivity (Wildman–Crippen MR) is 122 cm³/mol. The summed E-state index contributed by atoms with van der Waals surface area (Å²) in [6.45, 7) is 3.75. The number of ether oxygens (including phenoxy) is 1. The predicted octanol–water partition coefficient (Wildman–Crippen LogP) is 4.04. The smallest absolute Gasteiger partial charge is 0.232 e. The maximum Gasteiger partial charge on any atom is 0.232 e. The monoisotopic (exact) mass is 440 g/mol. The number of hydrogen-bond acceptors (Lipinski definition) is 5. The van der Waals surface area contributed by atoms with Crippen LogP contribution in [-0.2, 0) is 27.8 Å². The van der Waals surface area contributed by atoms with E-state index < -0.39 is 10.8 Å². The Morgan fingerprint density at radius 3 is 2.71 bits per heavy atom. The number of amides is 1. The van der Waals surface area contributed by atoms with Crippen molar-refractivity contribution in [2.24, 2.45) is 0 Å². The van der Waals surface area contributed by atoms with Gasteiger partial charge in [-0.05, 0) is 50.5 Å². The summed E-state index contributed by atoms with van der Waals surface area (Å²) < 4.78 is 23.5. The van der Waals surface area contributed by atoms with Crippen LogP contribution < -0.4 is 10.1 Å². The SMILES string of the molecule is COc1cccc(-c2nc(C[S@](=O)CC(=O)N[C@@H](C)CCc3ccccc3)c(C)o2)c1. The van der Waals surface area contributed by atoms with Gasteiger partial charge < -0.3 is 14.5 Å². The quantitative estimate of drug-likeness (QED) is 0.514. The van der Waals surface area contributed by atoms with Crippen molar-refractivity contribution >= 4 is 16.7 Å². The summed E-state index contributed by atoms with van der Waals surface area (Å²) in [4.78, 5) is 16.8. The van der Waals surface area contributed by atoms with Gasteiger partial charge in [-0.25, -0.2) is 4.98 Å². The summed E-state index contributed by atoms with van der Waals surface area (Å²) >= 11 is 0. The summed E-state index contributed by atoms with van der Waals surface area (Å²) in [5.41, 5.74) is 2.62. The van der Waals surface area contributed by atoms with Gasteiger partial charge in [-0.15, -0.1) is 0 Å². The van der Waals surface area contributed by atoms with E-state index in [9.17, 15) is 9.00 Å². The average Bonchev–Trinajstić information content (AvgIpc) is 3.13. The van der Waals surface area contributed by atoms with Crippen molar-refractivity contribution in [3.05, 3.63) is 71.6 Å². The summed E-state index contributed by atoms with van der Waals surface area (Å²) in [7, 11) is 0.223. The Balaban J connectivity index is 1.50. The molecule has 0 fully saturated rings. The highest BCUT2D eigenvalue weighted by Gasteiger charge is 2.17. The molecule has 0 saturated heterocycles. The molecule has 1 amide bonds. The first-order chi connectivity index (χ1) is 14.9. The van der Waals surface area contributed by atoms with Crippen LogP contribution in [0.3, 0.4) is 0 Å². The molecule has 1 N–H and O–H groups in total. The highest BCUT2D eigenvalue weighted by molar-refractivity contribution is 7.84. The molecule has 2 aromatic carbocycles. The molecule has 3 aromatic rings. The second-order valence-electron chi connectivity index (χ2n) is 7.48. The van der Waals surface area contributed by atoms with Gasteiger partial charge in [0.25, 0.3) is 0 Å². The van der Waals surface area contributed by atoms with Gasteiger partial charge in [0.2, 0.25) is 11.8 Å². The van der Waals surface area contributed by atoms with Crippen LogP contribution in [0.1, 0.15) is 30.4 Å². The summed E-state index contributed by atoms with van der Waals surface area (Å²) in [6.07, 6.45) is 1.71. The molecule has 0 aliphatic rings. The van der Waals surface area contributed by atoms with Gasteiger partial charge in [0.1, 0.15) is 17.3 Å². The van der Waals surface area contributed by atoms with Crippen LogP contribution in [0.5, 0.6) is 5.75 Å². The van der Waals surface area contributed by atoms with E-state index in [0.717, 1.165) is 18.4 Å². The highest BCUT2D eigenvalue weighted by atomic mass is 32.2. The Hall–Kier alpha value is -2.93. The number of carbonyl (C=O) groups excluding carboxylic acids is 1. The van der Waals surface area contributed by atoms with Crippen LogP contribution >= 0.6 is 0 Å². The number of aryl methyl sites for hydroxylation is 2.